The van der Waals surface area contributed by atoms with Gasteiger partial charge in [-0.25, -0.2) is 9.07 Å². The topological polar surface area (TPSA) is 56.6 Å². The Morgan fingerprint density at radius 1 is 1.09 bits per heavy atom. The molecule has 6 nitrogen and oxygen atoms in total. The molecule has 1 amide bonds. The summed E-state index contributed by atoms with van der Waals surface area (Å²) in [5, 5.41) is 3.30. The minimum Gasteiger partial charge on any atom is -0.395 e. The zero-order valence-corrected chi connectivity index (χ0v) is 16.4. The number of carbonyl (C=O) groups is 1. The van der Waals surface area contributed by atoms with Crippen LogP contribution in [0, 0.1) is 12.7 Å². The smallest absolute Gasteiger partial charge is 0.395 e. The molecule has 2 heterocycles. The Labute approximate surface area is 176 Å². The van der Waals surface area contributed by atoms with Crippen molar-refractivity contribution in [1.82, 2.24) is 9.78 Å². The van der Waals surface area contributed by atoms with Gasteiger partial charge in [-0.3, -0.25) is 4.79 Å². The van der Waals surface area contributed by atoms with E-state index in [9.17, 15) is 31.1 Å². The van der Waals surface area contributed by atoms with Gasteiger partial charge in [0, 0.05) is 24.4 Å². The van der Waals surface area contributed by atoms with Gasteiger partial charge in [-0.2, -0.15) is 18.3 Å². The molecule has 168 valence electrons. The Balaban J connectivity index is 1.64. The van der Waals surface area contributed by atoms with Gasteiger partial charge in [-0.15, -0.1) is 8.78 Å². The first-order valence-corrected chi connectivity index (χ1v) is 8.98. The minimum atomic E-state index is -4.98. The van der Waals surface area contributed by atoms with E-state index in [1.54, 1.807) is 0 Å². The summed E-state index contributed by atoms with van der Waals surface area (Å²) in [7, 11) is 1.37. The molecule has 1 aliphatic rings. The van der Waals surface area contributed by atoms with E-state index in [4.69, 9.17) is 0 Å². The average Bonchev–Trinajstić information content (AvgIpc) is 3.20. The lowest BCUT2D eigenvalue weighted by Gasteiger charge is -2.18. The van der Waals surface area contributed by atoms with Crippen LogP contribution in [0.2, 0.25) is 0 Å². The van der Waals surface area contributed by atoms with Crippen molar-refractivity contribution in [3.8, 4) is 17.2 Å². The molecule has 3 aromatic rings. The summed E-state index contributed by atoms with van der Waals surface area (Å²) in [4.78, 5) is 14.0. The fourth-order valence-corrected chi connectivity index (χ4v) is 3.14. The third kappa shape index (κ3) is 3.72. The second kappa shape index (κ2) is 7.18. The first-order valence-electron chi connectivity index (χ1n) is 8.98. The maximum Gasteiger partial charge on any atom is 0.586 e. The van der Waals surface area contributed by atoms with Crippen LogP contribution in [0.3, 0.4) is 0 Å². The summed E-state index contributed by atoms with van der Waals surface area (Å²) >= 11 is 0. The molecule has 0 N–H and O–H groups in total. The van der Waals surface area contributed by atoms with Crippen LogP contribution in [0.15, 0.2) is 42.5 Å². The van der Waals surface area contributed by atoms with E-state index in [1.807, 2.05) is 0 Å². The molecule has 1 aromatic heterocycles. The molecule has 12 heteroatoms. The molecule has 0 spiro atoms. The summed E-state index contributed by atoms with van der Waals surface area (Å²) in [5.74, 6) is -2.58. The third-order valence-electron chi connectivity index (χ3n) is 4.73. The fourth-order valence-electron chi connectivity index (χ4n) is 3.14. The number of rotatable bonds is 3. The monoisotopic (exact) mass is 457 g/mol. The van der Waals surface area contributed by atoms with E-state index in [0.29, 0.717) is 0 Å². The van der Waals surface area contributed by atoms with Crippen molar-refractivity contribution in [3.05, 3.63) is 65.2 Å². The number of amides is 1. The Kier molecular flexibility index (Phi) is 4.83. The molecular formula is C20H13F6N3O3. The lowest BCUT2D eigenvalue weighted by Crippen LogP contribution is -2.26. The standard InChI is InChI=1S/C20H13F6N3O3/c1-10-16(21)17(19(22,23)24)27-29(10)13-5-3-4-11(8-13)18(30)28(2)12-6-7-14-15(9-12)32-20(25,26)31-14/h3-9H,1-2H3. The third-order valence-corrected chi connectivity index (χ3v) is 4.73. The fraction of sp³-hybridized carbons (Fsp3) is 0.200. The van der Waals surface area contributed by atoms with Crippen molar-refractivity contribution in [1.29, 1.82) is 0 Å². The van der Waals surface area contributed by atoms with Crippen molar-refractivity contribution >= 4 is 11.6 Å². The van der Waals surface area contributed by atoms with Gasteiger partial charge in [-0.05, 0) is 37.3 Å². The molecule has 32 heavy (non-hydrogen) atoms. The second-order valence-corrected chi connectivity index (χ2v) is 6.87. The van der Waals surface area contributed by atoms with Crippen molar-refractivity contribution < 1.29 is 40.6 Å². The number of anilines is 1. The van der Waals surface area contributed by atoms with Crippen molar-refractivity contribution in [2.75, 3.05) is 11.9 Å². The summed E-state index contributed by atoms with van der Waals surface area (Å²) in [5.41, 5.74) is -1.78. The van der Waals surface area contributed by atoms with Gasteiger partial charge >= 0.3 is 12.5 Å². The molecule has 2 aromatic carbocycles. The molecule has 0 unspecified atom stereocenters. The number of hydrogen-bond donors (Lipinski definition) is 0. The minimum absolute atomic E-state index is 0.0291. The van der Waals surface area contributed by atoms with Gasteiger partial charge in [0.25, 0.3) is 5.91 Å². The molecule has 0 bridgehead atoms. The molecule has 0 radical (unpaired) electrons. The SMILES string of the molecule is Cc1c(F)c(C(F)(F)F)nn1-c1cccc(C(=O)N(C)c2ccc3c(c2)OC(F)(F)O3)c1. The average molecular weight is 457 g/mol. The van der Waals surface area contributed by atoms with Crippen LogP contribution in [0.5, 0.6) is 11.5 Å². The van der Waals surface area contributed by atoms with E-state index in [2.05, 4.69) is 14.6 Å². The van der Waals surface area contributed by atoms with Crippen molar-refractivity contribution in [2.24, 2.45) is 0 Å². The van der Waals surface area contributed by atoms with Gasteiger partial charge in [0.1, 0.15) is 0 Å². The first-order chi connectivity index (χ1) is 14.9. The van der Waals surface area contributed by atoms with Gasteiger partial charge in [0.15, 0.2) is 17.3 Å². The highest BCUT2D eigenvalue weighted by Crippen LogP contribution is 2.43. The second-order valence-electron chi connectivity index (χ2n) is 6.87. The van der Waals surface area contributed by atoms with E-state index in [-0.39, 0.29) is 34.1 Å². The van der Waals surface area contributed by atoms with Crippen LogP contribution < -0.4 is 14.4 Å². The van der Waals surface area contributed by atoms with E-state index in [1.165, 1.54) is 49.5 Å². The Morgan fingerprint density at radius 3 is 2.44 bits per heavy atom. The van der Waals surface area contributed by atoms with Crippen LogP contribution in [0.25, 0.3) is 5.69 Å². The molecule has 0 atom stereocenters. The highest BCUT2D eigenvalue weighted by Gasteiger charge is 2.43. The molecule has 4 rings (SSSR count). The summed E-state index contributed by atoms with van der Waals surface area (Å²) < 4.78 is 88.7. The molecule has 0 saturated heterocycles. The summed E-state index contributed by atoms with van der Waals surface area (Å²) in [6, 6.07) is 9.12. The lowest BCUT2D eigenvalue weighted by molar-refractivity contribution is -0.286. The van der Waals surface area contributed by atoms with E-state index in [0.717, 1.165) is 16.5 Å². The van der Waals surface area contributed by atoms with Crippen LogP contribution in [0.4, 0.5) is 32.0 Å². The quantitative estimate of drug-likeness (QED) is 0.523. The number of benzene rings is 2. The normalized spacial score (nSPS) is 14.5. The van der Waals surface area contributed by atoms with E-state index < -0.39 is 29.9 Å². The predicted molar refractivity (Wildman–Crippen MR) is 98.6 cm³/mol. The molecule has 1 aliphatic heterocycles. The van der Waals surface area contributed by atoms with Crippen LogP contribution in [-0.2, 0) is 6.18 Å². The van der Waals surface area contributed by atoms with Gasteiger partial charge in [0.2, 0.25) is 5.69 Å². The Bertz CT molecular complexity index is 1220. The number of hydrogen-bond acceptors (Lipinski definition) is 4. The van der Waals surface area contributed by atoms with Crippen molar-refractivity contribution in [2.45, 2.75) is 19.4 Å². The highest BCUT2D eigenvalue weighted by molar-refractivity contribution is 6.06. The molecule has 0 fully saturated rings. The van der Waals surface area contributed by atoms with Gasteiger partial charge in [-0.1, -0.05) is 6.07 Å². The van der Waals surface area contributed by atoms with Crippen LogP contribution >= 0.6 is 0 Å². The number of fused-ring (bicyclic) bond motifs is 1. The van der Waals surface area contributed by atoms with Crippen molar-refractivity contribution in [3.63, 3.8) is 0 Å². The number of nitrogens with zero attached hydrogens (tertiary/aromatic N) is 3. The zero-order chi connectivity index (χ0) is 23.4. The highest BCUT2D eigenvalue weighted by atomic mass is 19.4. The Morgan fingerprint density at radius 2 is 1.78 bits per heavy atom. The maximum atomic E-state index is 14.0. The number of aromatic nitrogens is 2. The maximum absolute atomic E-state index is 14.0. The van der Waals surface area contributed by atoms with Gasteiger partial charge < -0.3 is 14.4 Å². The number of halogens is 6. The summed E-state index contributed by atoms with van der Waals surface area (Å²) in [6.07, 6.45) is -8.80. The van der Waals surface area contributed by atoms with E-state index >= 15 is 0 Å². The van der Waals surface area contributed by atoms with Gasteiger partial charge in [0.05, 0.1) is 11.4 Å². The zero-order valence-electron chi connectivity index (χ0n) is 16.4. The number of carbonyl (C=O) groups excluding carboxylic acids is 1. The van der Waals surface area contributed by atoms with Crippen LogP contribution in [-0.4, -0.2) is 29.0 Å². The Hall–Kier alpha value is -3.70. The molecule has 0 aliphatic carbocycles. The molecule has 0 saturated carbocycles. The first kappa shape index (κ1) is 21.5. The summed E-state index contributed by atoms with van der Waals surface area (Å²) in [6.45, 7) is 1.13. The molecular weight excluding hydrogens is 444 g/mol. The lowest BCUT2D eigenvalue weighted by atomic mass is 10.1. The van der Waals surface area contributed by atoms with Crippen LogP contribution in [0.1, 0.15) is 21.7 Å². The number of ether oxygens (including phenoxy) is 2. The predicted octanol–water partition coefficient (Wildman–Crippen LogP) is 4.94. The largest absolute Gasteiger partial charge is 0.586 e. The number of alkyl halides is 5.